The molecular formula is C16H24ClFN2O. The number of halogens is 2. The van der Waals surface area contributed by atoms with E-state index in [1.54, 1.807) is 12.1 Å². The maximum absolute atomic E-state index is 13.3. The molecule has 0 radical (unpaired) electrons. The minimum Gasteiger partial charge on any atom is -0.374 e. The van der Waals surface area contributed by atoms with Crippen LogP contribution in [0.15, 0.2) is 18.2 Å². The molecule has 1 fully saturated rings. The smallest absolute Gasteiger partial charge is 0.141 e. The van der Waals surface area contributed by atoms with E-state index in [9.17, 15) is 4.39 Å². The first-order chi connectivity index (χ1) is 10.1. The molecule has 2 rings (SSSR count). The number of nitrogens with one attached hydrogen (secondary N) is 1. The fourth-order valence-electron chi connectivity index (χ4n) is 2.64. The van der Waals surface area contributed by atoms with Crippen molar-refractivity contribution in [1.82, 2.24) is 10.2 Å². The second-order valence-electron chi connectivity index (χ2n) is 5.68. The van der Waals surface area contributed by atoms with Crippen molar-refractivity contribution < 1.29 is 9.13 Å². The van der Waals surface area contributed by atoms with Crippen molar-refractivity contribution in [3.8, 4) is 0 Å². The van der Waals surface area contributed by atoms with Gasteiger partial charge < -0.3 is 15.0 Å². The summed E-state index contributed by atoms with van der Waals surface area (Å²) in [7, 11) is 2.11. The molecule has 3 nitrogen and oxygen atoms in total. The van der Waals surface area contributed by atoms with Crippen molar-refractivity contribution in [3.63, 3.8) is 0 Å². The van der Waals surface area contributed by atoms with Gasteiger partial charge >= 0.3 is 0 Å². The van der Waals surface area contributed by atoms with Crippen molar-refractivity contribution in [2.24, 2.45) is 0 Å². The van der Waals surface area contributed by atoms with E-state index in [2.05, 4.69) is 24.2 Å². The first kappa shape index (κ1) is 16.7. The monoisotopic (exact) mass is 314 g/mol. The Kier molecular flexibility index (Phi) is 6.42. The lowest BCUT2D eigenvalue weighted by molar-refractivity contribution is -0.0383. The Morgan fingerprint density at radius 3 is 3.00 bits per heavy atom. The number of likely N-dealkylation sites (N-methyl/N-ethyl adjacent to an activating group) is 1. The topological polar surface area (TPSA) is 24.5 Å². The van der Waals surface area contributed by atoms with Gasteiger partial charge in [-0.2, -0.15) is 0 Å². The molecule has 1 aliphatic heterocycles. The van der Waals surface area contributed by atoms with E-state index in [1.807, 2.05) is 0 Å². The number of nitrogens with zero attached hydrogens (tertiary/aromatic N) is 1. The van der Waals surface area contributed by atoms with Gasteiger partial charge in [0.1, 0.15) is 5.82 Å². The summed E-state index contributed by atoms with van der Waals surface area (Å²) < 4.78 is 19.2. The summed E-state index contributed by atoms with van der Waals surface area (Å²) in [5.41, 5.74) is 1.03. The summed E-state index contributed by atoms with van der Waals surface area (Å²) in [6.45, 7) is 5.74. The van der Waals surface area contributed by atoms with Gasteiger partial charge in [0, 0.05) is 19.1 Å². The van der Waals surface area contributed by atoms with Crippen molar-refractivity contribution in [3.05, 3.63) is 34.6 Å². The van der Waals surface area contributed by atoms with Gasteiger partial charge in [-0.1, -0.05) is 24.6 Å². The van der Waals surface area contributed by atoms with Crippen LogP contribution in [0.4, 0.5) is 4.39 Å². The Balaban J connectivity index is 2.05. The van der Waals surface area contributed by atoms with E-state index in [4.69, 9.17) is 16.3 Å². The van der Waals surface area contributed by atoms with E-state index in [0.717, 1.165) is 44.6 Å². The van der Waals surface area contributed by atoms with Gasteiger partial charge in [0.2, 0.25) is 0 Å². The number of hydrogen-bond acceptors (Lipinski definition) is 3. The van der Waals surface area contributed by atoms with Gasteiger partial charge in [0.15, 0.2) is 0 Å². The molecule has 118 valence electrons. The zero-order valence-electron chi connectivity index (χ0n) is 12.7. The van der Waals surface area contributed by atoms with Crippen LogP contribution in [0.5, 0.6) is 0 Å². The van der Waals surface area contributed by atoms with Crippen molar-refractivity contribution in [1.29, 1.82) is 0 Å². The molecule has 2 unspecified atom stereocenters. The summed E-state index contributed by atoms with van der Waals surface area (Å²) in [6.07, 6.45) is 2.01. The molecule has 21 heavy (non-hydrogen) atoms. The number of benzene rings is 1. The zero-order chi connectivity index (χ0) is 15.2. The molecule has 1 N–H and O–H groups in total. The standard InChI is InChI=1S/C16H24ClFN2O/c1-3-6-19-15(16-11-20(2)7-8-21-16)10-12-4-5-14(18)13(17)9-12/h4-5,9,15-16,19H,3,6-8,10-11H2,1-2H3. The van der Waals surface area contributed by atoms with E-state index in [-0.39, 0.29) is 23.0 Å². The normalized spacial score (nSPS) is 21.4. The Labute approximate surface area is 131 Å². The molecule has 1 aromatic rings. The molecule has 1 saturated heterocycles. The van der Waals surface area contributed by atoms with Crippen LogP contribution >= 0.6 is 11.6 Å². The molecule has 0 aliphatic carbocycles. The van der Waals surface area contributed by atoms with Gasteiger partial charge in [0.25, 0.3) is 0 Å². The van der Waals surface area contributed by atoms with Gasteiger partial charge in [-0.15, -0.1) is 0 Å². The van der Waals surface area contributed by atoms with Crippen LogP contribution in [0.3, 0.4) is 0 Å². The maximum Gasteiger partial charge on any atom is 0.141 e. The Hall–Kier alpha value is -0.680. The largest absolute Gasteiger partial charge is 0.374 e. The fourth-order valence-corrected chi connectivity index (χ4v) is 2.84. The maximum atomic E-state index is 13.3. The highest BCUT2D eigenvalue weighted by Gasteiger charge is 2.26. The first-order valence-corrected chi connectivity index (χ1v) is 7.95. The summed E-state index contributed by atoms with van der Waals surface area (Å²) in [5, 5.41) is 3.74. The predicted octanol–water partition coefficient (Wildman–Crippen LogP) is 2.72. The lowest BCUT2D eigenvalue weighted by Gasteiger charge is -2.35. The van der Waals surface area contributed by atoms with Crippen molar-refractivity contribution in [2.75, 3.05) is 33.3 Å². The third-order valence-electron chi connectivity index (χ3n) is 3.84. The van der Waals surface area contributed by atoms with Crippen LogP contribution in [0.1, 0.15) is 18.9 Å². The second kappa shape index (κ2) is 8.08. The average Bonchev–Trinajstić information content (AvgIpc) is 2.47. The summed E-state index contributed by atoms with van der Waals surface area (Å²) >= 11 is 5.88. The molecular weight excluding hydrogens is 291 g/mol. The summed E-state index contributed by atoms with van der Waals surface area (Å²) in [4.78, 5) is 2.28. The molecule has 0 aromatic heterocycles. The minimum absolute atomic E-state index is 0.152. The molecule has 2 atom stereocenters. The second-order valence-corrected chi connectivity index (χ2v) is 6.09. The van der Waals surface area contributed by atoms with Crippen LogP contribution in [0, 0.1) is 5.82 Å². The van der Waals surface area contributed by atoms with Gasteiger partial charge in [-0.3, -0.25) is 0 Å². The van der Waals surface area contributed by atoms with Crippen LogP contribution in [0.25, 0.3) is 0 Å². The summed E-state index contributed by atoms with van der Waals surface area (Å²) in [5.74, 6) is -0.368. The minimum atomic E-state index is -0.368. The molecule has 0 saturated carbocycles. The van der Waals surface area contributed by atoms with E-state index >= 15 is 0 Å². The molecule has 1 aliphatic rings. The Morgan fingerprint density at radius 1 is 1.52 bits per heavy atom. The van der Waals surface area contributed by atoms with E-state index < -0.39 is 0 Å². The van der Waals surface area contributed by atoms with Gasteiger partial charge in [-0.25, -0.2) is 4.39 Å². The van der Waals surface area contributed by atoms with Crippen molar-refractivity contribution >= 4 is 11.6 Å². The van der Waals surface area contributed by atoms with Crippen LogP contribution in [-0.2, 0) is 11.2 Å². The van der Waals surface area contributed by atoms with E-state index in [0.29, 0.717) is 0 Å². The zero-order valence-corrected chi connectivity index (χ0v) is 13.5. The highest BCUT2D eigenvalue weighted by atomic mass is 35.5. The van der Waals surface area contributed by atoms with Gasteiger partial charge in [-0.05, 0) is 44.1 Å². The lowest BCUT2D eigenvalue weighted by Crippen LogP contribution is -2.52. The number of rotatable bonds is 6. The first-order valence-electron chi connectivity index (χ1n) is 7.57. The molecule has 1 heterocycles. The Morgan fingerprint density at radius 2 is 2.33 bits per heavy atom. The number of ether oxygens (including phenoxy) is 1. The number of hydrogen-bond donors (Lipinski definition) is 1. The van der Waals surface area contributed by atoms with Gasteiger partial charge in [0.05, 0.1) is 17.7 Å². The van der Waals surface area contributed by atoms with Crippen LogP contribution < -0.4 is 5.32 Å². The quantitative estimate of drug-likeness (QED) is 0.874. The number of morpholine rings is 1. The predicted molar refractivity (Wildman–Crippen MR) is 84.4 cm³/mol. The Bertz CT molecular complexity index is 458. The van der Waals surface area contributed by atoms with Crippen molar-refractivity contribution in [2.45, 2.75) is 31.9 Å². The molecule has 5 heteroatoms. The fraction of sp³-hybridized carbons (Fsp3) is 0.625. The highest BCUT2D eigenvalue weighted by molar-refractivity contribution is 6.30. The third-order valence-corrected chi connectivity index (χ3v) is 4.13. The lowest BCUT2D eigenvalue weighted by atomic mass is 9.99. The highest BCUT2D eigenvalue weighted by Crippen LogP contribution is 2.19. The molecule has 0 bridgehead atoms. The van der Waals surface area contributed by atoms with E-state index in [1.165, 1.54) is 6.07 Å². The average molecular weight is 315 g/mol. The van der Waals surface area contributed by atoms with Crippen LogP contribution in [-0.4, -0.2) is 50.3 Å². The molecule has 1 aromatic carbocycles. The molecule has 0 amide bonds. The van der Waals surface area contributed by atoms with Crippen LogP contribution in [0.2, 0.25) is 5.02 Å². The SMILES string of the molecule is CCCNC(Cc1ccc(F)c(Cl)c1)C1CN(C)CCO1. The summed E-state index contributed by atoms with van der Waals surface area (Å²) in [6, 6.07) is 5.16. The third kappa shape index (κ3) is 4.92. The molecule has 0 spiro atoms.